The van der Waals surface area contributed by atoms with E-state index in [2.05, 4.69) is 45.5 Å². The summed E-state index contributed by atoms with van der Waals surface area (Å²) in [6.07, 6.45) is 2.13. The van der Waals surface area contributed by atoms with Crippen molar-refractivity contribution < 1.29 is 9.21 Å². The van der Waals surface area contributed by atoms with Gasteiger partial charge in [0, 0.05) is 10.0 Å². The van der Waals surface area contributed by atoms with E-state index in [9.17, 15) is 4.79 Å². The maximum atomic E-state index is 13.0. The van der Waals surface area contributed by atoms with Crippen LogP contribution in [0.4, 0.5) is 0 Å². The molecule has 1 atom stereocenters. The summed E-state index contributed by atoms with van der Waals surface area (Å²) in [6.45, 7) is 2.06. The van der Waals surface area contributed by atoms with Crippen LogP contribution in [0.1, 0.15) is 28.4 Å². The summed E-state index contributed by atoms with van der Waals surface area (Å²) >= 11 is 3.43. The van der Waals surface area contributed by atoms with Crippen LogP contribution in [0.5, 0.6) is 0 Å². The van der Waals surface area contributed by atoms with Gasteiger partial charge in [-0.15, -0.1) is 0 Å². The molecule has 0 saturated carbocycles. The van der Waals surface area contributed by atoms with Gasteiger partial charge in [-0.05, 0) is 54.3 Å². The van der Waals surface area contributed by atoms with Gasteiger partial charge in [-0.3, -0.25) is 4.79 Å². The minimum absolute atomic E-state index is 0.157. The smallest absolute Gasteiger partial charge is 0.247 e. The van der Waals surface area contributed by atoms with Crippen molar-refractivity contribution in [2.45, 2.75) is 19.3 Å². The number of hydrogen-bond acceptors (Lipinski definition) is 3. The molecular formula is C27H23BrN2O2. The minimum Gasteiger partial charge on any atom is -0.455 e. The lowest BCUT2D eigenvalue weighted by Crippen LogP contribution is -2.27. The Hall–Kier alpha value is -3.44. The van der Waals surface area contributed by atoms with Gasteiger partial charge in [-0.2, -0.15) is 5.10 Å². The van der Waals surface area contributed by atoms with E-state index < -0.39 is 0 Å². The third-order valence-electron chi connectivity index (χ3n) is 5.33. The average Bonchev–Trinajstić information content (AvgIpc) is 3.28. The lowest BCUT2D eigenvalue weighted by molar-refractivity contribution is -0.122. The van der Waals surface area contributed by atoms with Crippen LogP contribution >= 0.6 is 15.9 Å². The Kier molecular flexibility index (Phi) is 6.97. The molecule has 0 radical (unpaired) electrons. The Labute approximate surface area is 196 Å². The SMILES string of the molecule is Cc1ccccc1C[C@H](C(=O)N/N=C\c1ccc(-c2ccc(Br)cc2)o1)c1ccccc1. The van der Waals surface area contributed by atoms with Gasteiger partial charge < -0.3 is 4.42 Å². The second-order valence-corrected chi connectivity index (χ2v) is 8.45. The van der Waals surface area contributed by atoms with Gasteiger partial charge in [0.1, 0.15) is 11.5 Å². The largest absolute Gasteiger partial charge is 0.455 e. The molecule has 3 aromatic carbocycles. The van der Waals surface area contributed by atoms with Crippen molar-refractivity contribution in [3.63, 3.8) is 0 Å². The highest BCUT2D eigenvalue weighted by atomic mass is 79.9. The first kappa shape index (κ1) is 21.8. The van der Waals surface area contributed by atoms with E-state index in [0.29, 0.717) is 12.2 Å². The zero-order chi connectivity index (χ0) is 22.3. The van der Waals surface area contributed by atoms with Gasteiger partial charge in [0.15, 0.2) is 0 Å². The van der Waals surface area contributed by atoms with E-state index in [1.165, 1.54) is 11.8 Å². The number of benzene rings is 3. The van der Waals surface area contributed by atoms with Crippen molar-refractivity contribution in [2.24, 2.45) is 5.10 Å². The molecule has 4 nitrogen and oxygen atoms in total. The summed E-state index contributed by atoms with van der Waals surface area (Å²) in [7, 11) is 0. The normalized spacial score (nSPS) is 12.1. The Morgan fingerprint density at radius 2 is 1.69 bits per heavy atom. The first-order valence-corrected chi connectivity index (χ1v) is 11.2. The number of halogens is 1. The molecule has 4 aromatic rings. The molecule has 0 bridgehead atoms. The summed E-state index contributed by atoms with van der Waals surface area (Å²) in [6, 6.07) is 29.5. The molecule has 0 unspecified atom stereocenters. The van der Waals surface area contributed by atoms with Crippen molar-refractivity contribution in [2.75, 3.05) is 0 Å². The van der Waals surface area contributed by atoms with Crippen LogP contribution < -0.4 is 5.43 Å². The maximum absolute atomic E-state index is 13.0. The minimum atomic E-state index is -0.343. The molecule has 160 valence electrons. The molecular weight excluding hydrogens is 464 g/mol. The number of aryl methyl sites for hydroxylation is 1. The third kappa shape index (κ3) is 5.42. The molecule has 0 saturated heterocycles. The Morgan fingerprint density at radius 1 is 0.969 bits per heavy atom. The third-order valence-corrected chi connectivity index (χ3v) is 5.85. The molecule has 1 heterocycles. The number of nitrogens with one attached hydrogen (secondary N) is 1. The van der Waals surface area contributed by atoms with Crippen molar-refractivity contribution in [1.29, 1.82) is 0 Å². The fourth-order valence-electron chi connectivity index (χ4n) is 3.54. The van der Waals surface area contributed by atoms with Crippen LogP contribution in [0, 0.1) is 6.92 Å². The Balaban J connectivity index is 1.47. The van der Waals surface area contributed by atoms with Gasteiger partial charge >= 0.3 is 0 Å². The van der Waals surface area contributed by atoms with Crippen LogP contribution in [0.15, 0.2) is 105 Å². The number of hydrazone groups is 1. The van der Waals surface area contributed by atoms with E-state index >= 15 is 0 Å². The number of nitrogens with zero attached hydrogens (tertiary/aromatic N) is 1. The summed E-state index contributed by atoms with van der Waals surface area (Å²) in [5.74, 6) is 0.810. The molecule has 4 rings (SSSR count). The summed E-state index contributed by atoms with van der Waals surface area (Å²) < 4.78 is 6.84. The quantitative estimate of drug-likeness (QED) is 0.239. The predicted octanol–water partition coefficient (Wildman–Crippen LogP) is 6.49. The number of carbonyl (C=O) groups is 1. The van der Waals surface area contributed by atoms with Crippen molar-refractivity contribution in [1.82, 2.24) is 5.43 Å². The zero-order valence-electron chi connectivity index (χ0n) is 17.7. The lowest BCUT2D eigenvalue weighted by atomic mass is 9.90. The highest BCUT2D eigenvalue weighted by Crippen LogP contribution is 2.24. The van der Waals surface area contributed by atoms with Crippen LogP contribution in [-0.2, 0) is 11.2 Å². The monoisotopic (exact) mass is 486 g/mol. The van der Waals surface area contributed by atoms with E-state index in [-0.39, 0.29) is 11.8 Å². The Morgan fingerprint density at radius 3 is 2.44 bits per heavy atom. The topological polar surface area (TPSA) is 54.6 Å². The number of carbonyl (C=O) groups excluding carboxylic acids is 1. The molecule has 0 spiro atoms. The highest BCUT2D eigenvalue weighted by molar-refractivity contribution is 9.10. The standard InChI is InChI=1S/C27H23BrN2O2/c1-19-7-5-6-10-22(19)17-25(20-8-3-2-4-9-20)27(31)30-29-18-24-15-16-26(32-24)21-11-13-23(28)14-12-21/h2-16,18,25H,17H2,1H3,(H,30,31)/b29-18-/t25-/m0/s1. The molecule has 0 fully saturated rings. The molecule has 1 N–H and O–H groups in total. The zero-order valence-corrected chi connectivity index (χ0v) is 19.2. The number of hydrogen-bond donors (Lipinski definition) is 1. The van der Waals surface area contributed by atoms with Crippen LogP contribution in [0.2, 0.25) is 0 Å². The van der Waals surface area contributed by atoms with Crippen molar-refractivity contribution in [3.8, 4) is 11.3 Å². The number of furan rings is 1. The fourth-order valence-corrected chi connectivity index (χ4v) is 3.80. The molecule has 0 aliphatic rings. The first-order chi connectivity index (χ1) is 15.6. The van der Waals surface area contributed by atoms with Crippen molar-refractivity contribution >= 4 is 28.1 Å². The van der Waals surface area contributed by atoms with Gasteiger partial charge in [0.2, 0.25) is 5.91 Å². The van der Waals surface area contributed by atoms with Gasteiger partial charge in [-0.25, -0.2) is 5.43 Å². The molecule has 0 aliphatic heterocycles. The second kappa shape index (κ2) is 10.2. The summed E-state index contributed by atoms with van der Waals surface area (Å²) in [4.78, 5) is 13.0. The van der Waals surface area contributed by atoms with Crippen molar-refractivity contribution in [3.05, 3.63) is 118 Å². The second-order valence-electron chi connectivity index (χ2n) is 7.54. The van der Waals surface area contributed by atoms with E-state index in [0.717, 1.165) is 26.9 Å². The molecule has 1 amide bonds. The predicted molar refractivity (Wildman–Crippen MR) is 132 cm³/mol. The molecule has 32 heavy (non-hydrogen) atoms. The van der Waals surface area contributed by atoms with E-state index in [1.807, 2.05) is 78.9 Å². The van der Waals surface area contributed by atoms with Crippen LogP contribution in [0.25, 0.3) is 11.3 Å². The van der Waals surface area contributed by atoms with Gasteiger partial charge in [0.05, 0.1) is 12.1 Å². The van der Waals surface area contributed by atoms with Gasteiger partial charge in [0.25, 0.3) is 0 Å². The summed E-state index contributed by atoms with van der Waals surface area (Å²) in [5, 5.41) is 4.15. The van der Waals surface area contributed by atoms with Gasteiger partial charge in [-0.1, -0.05) is 82.7 Å². The first-order valence-electron chi connectivity index (χ1n) is 10.4. The number of rotatable bonds is 7. The molecule has 1 aromatic heterocycles. The van der Waals surface area contributed by atoms with Crippen LogP contribution in [0.3, 0.4) is 0 Å². The number of amides is 1. The lowest BCUT2D eigenvalue weighted by Gasteiger charge is -2.17. The van der Waals surface area contributed by atoms with E-state index in [4.69, 9.17) is 4.42 Å². The summed E-state index contributed by atoms with van der Waals surface area (Å²) in [5.41, 5.74) is 6.93. The molecule has 5 heteroatoms. The van der Waals surface area contributed by atoms with Crippen LogP contribution in [-0.4, -0.2) is 12.1 Å². The average molecular weight is 487 g/mol. The Bertz CT molecular complexity index is 1210. The van der Waals surface area contributed by atoms with E-state index in [1.54, 1.807) is 0 Å². The fraction of sp³-hybridized carbons (Fsp3) is 0.111. The maximum Gasteiger partial charge on any atom is 0.247 e. The highest BCUT2D eigenvalue weighted by Gasteiger charge is 2.21. The molecule has 0 aliphatic carbocycles.